The number of carbonyl (C=O) groups is 3. The van der Waals surface area contributed by atoms with Crippen LogP contribution in [0.4, 0.5) is 0 Å². The highest BCUT2D eigenvalue weighted by atomic mass is 16.5. The van der Waals surface area contributed by atoms with Gasteiger partial charge in [-0.25, -0.2) is 0 Å². The molecule has 194 valence electrons. The van der Waals surface area contributed by atoms with Crippen LogP contribution in [-0.4, -0.2) is 82.3 Å². The van der Waals surface area contributed by atoms with Crippen LogP contribution in [0.5, 0.6) is 5.75 Å². The van der Waals surface area contributed by atoms with Gasteiger partial charge in [-0.3, -0.25) is 19.3 Å². The molecule has 1 heterocycles. The Morgan fingerprint density at radius 2 is 2.06 bits per heavy atom. The van der Waals surface area contributed by atoms with E-state index in [0.717, 1.165) is 12.1 Å². The van der Waals surface area contributed by atoms with Crippen molar-refractivity contribution >= 4 is 17.8 Å². The number of hydrogen-bond donors (Lipinski definition) is 2. The summed E-state index contributed by atoms with van der Waals surface area (Å²) in [6.45, 7) is 4.67. The number of ether oxygens (including phenoxy) is 3. The lowest BCUT2D eigenvalue weighted by atomic mass is 9.77. The van der Waals surface area contributed by atoms with E-state index < -0.39 is 5.41 Å². The van der Waals surface area contributed by atoms with Gasteiger partial charge in [0.1, 0.15) is 5.75 Å². The number of rotatable bonds is 8. The number of esters is 1. The second-order valence-corrected chi connectivity index (χ2v) is 9.52. The maximum atomic E-state index is 13.3. The van der Waals surface area contributed by atoms with Crippen molar-refractivity contribution in [1.29, 1.82) is 0 Å². The minimum atomic E-state index is -0.946. The SMILES string of the molecule is CCOC(=O)C1(CCCOC)CNC(=O)CN(CC2CC2)CCNC(=O)COc2cccc(c2)C1. The Labute approximate surface area is 207 Å². The Morgan fingerprint density at radius 1 is 1.23 bits per heavy atom. The fourth-order valence-corrected chi connectivity index (χ4v) is 4.44. The van der Waals surface area contributed by atoms with E-state index in [4.69, 9.17) is 14.2 Å². The van der Waals surface area contributed by atoms with Crippen LogP contribution in [0.25, 0.3) is 0 Å². The number of methoxy groups -OCH3 is 1. The summed E-state index contributed by atoms with van der Waals surface area (Å²) < 4.78 is 16.5. The summed E-state index contributed by atoms with van der Waals surface area (Å²) in [5.41, 5.74) is -0.0800. The van der Waals surface area contributed by atoms with Crippen molar-refractivity contribution < 1.29 is 28.6 Å². The van der Waals surface area contributed by atoms with Gasteiger partial charge < -0.3 is 24.8 Å². The minimum Gasteiger partial charge on any atom is -0.484 e. The van der Waals surface area contributed by atoms with Crippen LogP contribution in [-0.2, 0) is 30.3 Å². The molecule has 2 N–H and O–H groups in total. The van der Waals surface area contributed by atoms with Gasteiger partial charge in [0.15, 0.2) is 6.61 Å². The topological polar surface area (TPSA) is 106 Å². The van der Waals surface area contributed by atoms with E-state index in [1.165, 1.54) is 12.8 Å². The van der Waals surface area contributed by atoms with E-state index in [0.29, 0.717) is 50.6 Å². The lowest BCUT2D eigenvalue weighted by molar-refractivity contribution is -0.156. The molecule has 1 aliphatic heterocycles. The van der Waals surface area contributed by atoms with Gasteiger partial charge >= 0.3 is 5.97 Å². The molecule has 0 spiro atoms. The molecule has 9 heteroatoms. The fraction of sp³-hybridized carbons (Fsp3) is 0.654. The van der Waals surface area contributed by atoms with Gasteiger partial charge in [-0.05, 0) is 62.6 Å². The summed E-state index contributed by atoms with van der Waals surface area (Å²) in [5, 5.41) is 5.89. The van der Waals surface area contributed by atoms with Crippen LogP contribution >= 0.6 is 0 Å². The molecule has 2 amide bonds. The van der Waals surface area contributed by atoms with Crippen molar-refractivity contribution in [3.63, 3.8) is 0 Å². The number of hydrogen-bond acceptors (Lipinski definition) is 7. The maximum Gasteiger partial charge on any atom is 0.314 e. The molecule has 0 aromatic heterocycles. The quantitative estimate of drug-likeness (QED) is 0.421. The lowest BCUT2D eigenvalue weighted by Gasteiger charge is -2.32. The number of carbonyl (C=O) groups excluding carboxylic acids is 3. The average molecular weight is 490 g/mol. The van der Waals surface area contributed by atoms with Crippen molar-refractivity contribution in [3.05, 3.63) is 29.8 Å². The van der Waals surface area contributed by atoms with Gasteiger partial charge in [0.05, 0.1) is 18.6 Å². The van der Waals surface area contributed by atoms with Gasteiger partial charge in [0.25, 0.3) is 5.91 Å². The zero-order chi connectivity index (χ0) is 25.1. The first kappa shape index (κ1) is 26.9. The third-order valence-corrected chi connectivity index (χ3v) is 6.48. The monoisotopic (exact) mass is 489 g/mol. The molecule has 1 saturated carbocycles. The van der Waals surface area contributed by atoms with Crippen molar-refractivity contribution in [3.8, 4) is 5.75 Å². The second-order valence-electron chi connectivity index (χ2n) is 9.52. The van der Waals surface area contributed by atoms with Crippen LogP contribution < -0.4 is 15.4 Å². The molecule has 1 aromatic rings. The number of benzene rings is 1. The number of nitrogens with one attached hydrogen (secondary N) is 2. The first-order chi connectivity index (χ1) is 16.9. The van der Waals surface area contributed by atoms with E-state index in [1.54, 1.807) is 20.1 Å². The molecule has 1 atom stereocenters. The molecule has 1 fully saturated rings. The van der Waals surface area contributed by atoms with E-state index in [2.05, 4.69) is 15.5 Å². The third kappa shape index (κ3) is 8.81. The van der Waals surface area contributed by atoms with Crippen LogP contribution in [0.2, 0.25) is 0 Å². The number of amides is 2. The Balaban J connectivity index is 1.87. The van der Waals surface area contributed by atoms with Crippen LogP contribution in [0.1, 0.15) is 38.2 Å². The van der Waals surface area contributed by atoms with Gasteiger partial charge in [-0.15, -0.1) is 0 Å². The third-order valence-electron chi connectivity index (χ3n) is 6.48. The average Bonchev–Trinajstić information content (AvgIpc) is 3.65. The van der Waals surface area contributed by atoms with Crippen molar-refractivity contribution in [2.24, 2.45) is 11.3 Å². The second kappa shape index (κ2) is 13.4. The fourth-order valence-electron chi connectivity index (χ4n) is 4.44. The van der Waals surface area contributed by atoms with Crippen molar-refractivity contribution in [1.82, 2.24) is 15.5 Å². The molecular formula is C26H39N3O6. The molecule has 9 nitrogen and oxygen atoms in total. The highest BCUT2D eigenvalue weighted by molar-refractivity contribution is 5.81. The Hall–Kier alpha value is -2.65. The minimum absolute atomic E-state index is 0.0938. The lowest BCUT2D eigenvalue weighted by Crippen LogP contribution is -2.49. The number of fused-ring (bicyclic) bond motifs is 2. The Bertz CT molecular complexity index is 859. The van der Waals surface area contributed by atoms with Crippen molar-refractivity contribution in [2.45, 2.75) is 39.0 Å². The van der Waals surface area contributed by atoms with E-state index in [-0.39, 0.29) is 44.1 Å². The summed E-state index contributed by atoms with van der Waals surface area (Å²) >= 11 is 0. The molecule has 2 bridgehead atoms. The summed E-state index contributed by atoms with van der Waals surface area (Å²) in [5.74, 6) is 0.474. The van der Waals surface area contributed by atoms with E-state index >= 15 is 0 Å². The summed E-state index contributed by atoms with van der Waals surface area (Å²) in [4.78, 5) is 40.6. The molecule has 35 heavy (non-hydrogen) atoms. The highest BCUT2D eigenvalue weighted by Crippen LogP contribution is 2.32. The largest absolute Gasteiger partial charge is 0.484 e. The van der Waals surface area contributed by atoms with Gasteiger partial charge in [-0.1, -0.05) is 12.1 Å². The highest BCUT2D eigenvalue weighted by Gasteiger charge is 2.40. The molecule has 0 radical (unpaired) electrons. The molecule has 2 aliphatic rings. The Morgan fingerprint density at radius 3 is 2.80 bits per heavy atom. The van der Waals surface area contributed by atoms with Gasteiger partial charge in [0, 0.05) is 39.9 Å². The molecule has 1 aliphatic carbocycles. The maximum absolute atomic E-state index is 13.3. The first-order valence-corrected chi connectivity index (χ1v) is 12.6. The summed E-state index contributed by atoms with van der Waals surface area (Å²) in [6.07, 6.45) is 3.85. The van der Waals surface area contributed by atoms with Crippen LogP contribution in [0.3, 0.4) is 0 Å². The number of nitrogens with zero attached hydrogens (tertiary/aromatic N) is 1. The molecule has 3 rings (SSSR count). The van der Waals surface area contributed by atoms with Gasteiger partial charge in [0.2, 0.25) is 5.91 Å². The first-order valence-electron chi connectivity index (χ1n) is 12.6. The van der Waals surface area contributed by atoms with Crippen molar-refractivity contribution in [2.75, 3.05) is 59.7 Å². The standard InChI is InChI=1S/C26H39N3O6/c1-3-34-25(32)26(10-5-13-33-2)15-21-6-4-7-22(14-21)35-18-24(31)27-11-12-29(16-20-8-9-20)17-23(30)28-19-26/h4,6-7,14,20H,3,5,8-13,15-19H2,1-2H3,(H,27,31)(H,28,30). The Kier molecular flexibility index (Phi) is 10.3. The predicted molar refractivity (Wildman–Crippen MR) is 131 cm³/mol. The molecular weight excluding hydrogens is 450 g/mol. The van der Waals surface area contributed by atoms with E-state index in [1.807, 2.05) is 18.2 Å². The summed E-state index contributed by atoms with van der Waals surface area (Å²) in [6, 6.07) is 7.38. The van der Waals surface area contributed by atoms with Crippen LogP contribution in [0, 0.1) is 11.3 Å². The van der Waals surface area contributed by atoms with Crippen LogP contribution in [0.15, 0.2) is 24.3 Å². The molecule has 1 aromatic carbocycles. The zero-order valence-corrected chi connectivity index (χ0v) is 21.0. The van der Waals surface area contributed by atoms with E-state index in [9.17, 15) is 14.4 Å². The molecule has 0 saturated heterocycles. The zero-order valence-electron chi connectivity index (χ0n) is 21.0. The van der Waals surface area contributed by atoms with Gasteiger partial charge in [-0.2, -0.15) is 0 Å². The summed E-state index contributed by atoms with van der Waals surface area (Å²) in [7, 11) is 1.63. The predicted octanol–water partition coefficient (Wildman–Crippen LogP) is 1.54. The molecule has 1 unspecified atom stereocenters. The smallest absolute Gasteiger partial charge is 0.314 e. The normalized spacial score (nSPS) is 22.6.